The molecule has 1 saturated carbocycles. The molecule has 2 N–H and O–H groups in total. The van der Waals surface area contributed by atoms with Crippen molar-refractivity contribution in [1.82, 2.24) is 20.5 Å². The molecule has 0 aliphatic heterocycles. The molecule has 1 fully saturated rings. The third kappa shape index (κ3) is 6.47. The highest BCUT2D eigenvalue weighted by atomic mass is 19.1. The lowest BCUT2D eigenvalue weighted by molar-refractivity contribution is -0.122. The summed E-state index contributed by atoms with van der Waals surface area (Å²) in [5, 5.41) is 11.2. The van der Waals surface area contributed by atoms with Gasteiger partial charge < -0.3 is 15.0 Å². The van der Waals surface area contributed by atoms with Crippen LogP contribution in [0, 0.1) is 5.82 Å². The second kappa shape index (κ2) is 10.8. The van der Waals surface area contributed by atoms with Gasteiger partial charge in [0.25, 0.3) is 5.56 Å². The van der Waals surface area contributed by atoms with Crippen LogP contribution in [0.2, 0.25) is 0 Å². The summed E-state index contributed by atoms with van der Waals surface area (Å²) in [6, 6.07) is 13.5. The predicted octanol–water partition coefficient (Wildman–Crippen LogP) is 3.93. The van der Waals surface area contributed by atoms with E-state index in [0.717, 1.165) is 31.2 Å². The Morgan fingerprint density at radius 1 is 1.09 bits per heavy atom. The lowest BCUT2D eigenvalue weighted by Crippen LogP contribution is -2.36. The molecular weight excluding hydrogens is 423 g/mol. The van der Waals surface area contributed by atoms with Crippen molar-refractivity contribution in [1.29, 1.82) is 0 Å². The van der Waals surface area contributed by atoms with Crippen LogP contribution < -0.4 is 15.6 Å². The number of amides is 1. The van der Waals surface area contributed by atoms with Crippen molar-refractivity contribution >= 4 is 5.91 Å². The molecule has 0 saturated heterocycles. The van der Waals surface area contributed by atoms with Crippen LogP contribution in [-0.2, 0) is 17.8 Å². The van der Waals surface area contributed by atoms with Crippen LogP contribution in [0.15, 0.2) is 53.3 Å². The number of rotatable bonds is 8. The number of hydrogen-bond acceptors (Lipinski definition) is 5. The fourth-order valence-corrected chi connectivity index (χ4v) is 3.94. The Bertz CT molecular complexity index is 1140. The summed E-state index contributed by atoms with van der Waals surface area (Å²) in [7, 11) is 0. The first-order valence-corrected chi connectivity index (χ1v) is 11.3. The van der Waals surface area contributed by atoms with Gasteiger partial charge in [-0.25, -0.2) is 4.39 Å². The summed E-state index contributed by atoms with van der Waals surface area (Å²) in [5.74, 6) is 0.592. The smallest absolute Gasteiger partial charge is 0.273 e. The summed E-state index contributed by atoms with van der Waals surface area (Å²) in [5.41, 5.74) is 1.31. The zero-order chi connectivity index (χ0) is 23.0. The molecule has 0 spiro atoms. The second-order valence-electron chi connectivity index (χ2n) is 8.29. The van der Waals surface area contributed by atoms with E-state index in [1.54, 1.807) is 36.4 Å². The number of nitrogens with one attached hydrogen (secondary N) is 2. The number of H-pyrrole nitrogens is 1. The van der Waals surface area contributed by atoms with Crippen molar-refractivity contribution in [2.75, 3.05) is 0 Å². The van der Waals surface area contributed by atoms with Gasteiger partial charge in [0.2, 0.25) is 5.91 Å². The van der Waals surface area contributed by atoms with Crippen LogP contribution in [-0.4, -0.2) is 27.1 Å². The number of nitrogens with zero attached hydrogens (tertiary/aromatic N) is 2. The van der Waals surface area contributed by atoms with Crippen molar-refractivity contribution in [2.24, 2.45) is 0 Å². The monoisotopic (exact) mass is 450 g/mol. The van der Waals surface area contributed by atoms with E-state index < -0.39 is 0 Å². The number of aromatic amines is 1. The van der Waals surface area contributed by atoms with Crippen LogP contribution in [0.1, 0.15) is 49.8 Å². The first-order valence-electron chi connectivity index (χ1n) is 11.3. The number of carbonyl (C=O) groups is 1. The summed E-state index contributed by atoms with van der Waals surface area (Å²) in [6.45, 7) is 0.247. The Morgan fingerprint density at radius 2 is 1.88 bits per heavy atom. The molecular formula is C25H27FN4O3. The average molecular weight is 451 g/mol. The third-order valence-electron chi connectivity index (χ3n) is 5.75. The number of aryl methyl sites for hydroxylation is 1. The van der Waals surface area contributed by atoms with Crippen LogP contribution in [0.5, 0.6) is 5.75 Å². The molecule has 1 heterocycles. The van der Waals surface area contributed by atoms with Gasteiger partial charge in [0.05, 0.1) is 0 Å². The second-order valence-corrected chi connectivity index (χ2v) is 8.29. The van der Waals surface area contributed by atoms with E-state index in [4.69, 9.17) is 4.74 Å². The highest BCUT2D eigenvalue weighted by Gasteiger charge is 2.16. The Hall–Kier alpha value is -3.55. The fourth-order valence-electron chi connectivity index (χ4n) is 3.94. The molecule has 8 heteroatoms. The van der Waals surface area contributed by atoms with E-state index >= 15 is 0 Å². The maximum absolute atomic E-state index is 13.3. The van der Waals surface area contributed by atoms with Gasteiger partial charge in [0.15, 0.2) is 5.82 Å². The first-order chi connectivity index (χ1) is 16.1. The molecule has 7 nitrogen and oxygen atoms in total. The third-order valence-corrected chi connectivity index (χ3v) is 5.75. The molecule has 2 aromatic carbocycles. The summed E-state index contributed by atoms with van der Waals surface area (Å²) in [4.78, 5) is 27.3. The lowest BCUT2D eigenvalue weighted by Gasteiger charge is -2.22. The van der Waals surface area contributed by atoms with Gasteiger partial charge in [-0.05, 0) is 54.8 Å². The molecule has 0 atom stereocenters. The van der Waals surface area contributed by atoms with E-state index in [1.807, 2.05) is 0 Å². The minimum Gasteiger partial charge on any atom is -0.489 e. The molecule has 0 unspecified atom stereocenters. The fraction of sp³-hybridized carbons (Fsp3) is 0.360. The molecule has 172 valence electrons. The van der Waals surface area contributed by atoms with Crippen LogP contribution in [0.4, 0.5) is 4.39 Å². The van der Waals surface area contributed by atoms with Crippen LogP contribution >= 0.6 is 0 Å². The quantitative estimate of drug-likeness (QED) is 0.542. The highest BCUT2D eigenvalue weighted by molar-refractivity contribution is 5.76. The summed E-state index contributed by atoms with van der Waals surface area (Å²) < 4.78 is 18.9. The Kier molecular flexibility index (Phi) is 7.44. The molecule has 3 aromatic rings. The van der Waals surface area contributed by atoms with E-state index in [9.17, 15) is 14.0 Å². The molecule has 1 aromatic heterocycles. The standard InChI is InChI=1S/C25H27FN4O3/c26-19-6-4-5-17(15-19)16-33-21-11-9-18(10-12-21)24-28-25(32)22(29-30-24)13-14-23(31)27-20-7-2-1-3-8-20/h4-6,9-12,15,20H,1-3,7-8,13-14,16H2,(H,27,31)(H,28,30,32). The van der Waals surface area contributed by atoms with Crippen molar-refractivity contribution in [3.63, 3.8) is 0 Å². The minimum absolute atomic E-state index is 0.0546. The largest absolute Gasteiger partial charge is 0.489 e. The molecule has 1 aliphatic rings. The van der Waals surface area contributed by atoms with Crippen molar-refractivity contribution in [3.05, 3.63) is 76.0 Å². The number of carbonyl (C=O) groups excluding carboxylic acids is 1. The predicted molar refractivity (Wildman–Crippen MR) is 122 cm³/mol. The molecule has 0 radical (unpaired) electrons. The number of hydrogen-bond donors (Lipinski definition) is 2. The molecule has 1 amide bonds. The van der Waals surface area contributed by atoms with E-state index in [0.29, 0.717) is 17.1 Å². The topological polar surface area (TPSA) is 97.0 Å². The van der Waals surface area contributed by atoms with Crippen molar-refractivity contribution < 1.29 is 13.9 Å². The SMILES string of the molecule is O=C(CCc1nnc(-c2ccc(OCc3cccc(F)c3)cc2)[nH]c1=O)NC1CCCCC1. The van der Waals surface area contributed by atoms with Gasteiger partial charge in [0, 0.05) is 24.4 Å². The van der Waals surface area contributed by atoms with Gasteiger partial charge in [-0.3, -0.25) is 9.59 Å². The molecule has 0 bridgehead atoms. The molecule has 33 heavy (non-hydrogen) atoms. The summed E-state index contributed by atoms with van der Waals surface area (Å²) in [6.07, 6.45) is 6.04. The molecule has 1 aliphatic carbocycles. The Labute approximate surface area is 191 Å². The van der Waals surface area contributed by atoms with E-state index in [1.165, 1.54) is 18.6 Å². The normalized spacial score (nSPS) is 14.1. The average Bonchev–Trinajstić information content (AvgIpc) is 2.83. The number of aromatic nitrogens is 3. The van der Waals surface area contributed by atoms with Crippen molar-refractivity contribution in [2.45, 2.75) is 57.6 Å². The van der Waals surface area contributed by atoms with E-state index in [-0.39, 0.29) is 48.5 Å². The van der Waals surface area contributed by atoms with Gasteiger partial charge >= 0.3 is 0 Å². The maximum atomic E-state index is 13.3. The number of ether oxygens (including phenoxy) is 1. The van der Waals surface area contributed by atoms with Crippen LogP contribution in [0.25, 0.3) is 11.4 Å². The van der Waals surface area contributed by atoms with Gasteiger partial charge in [-0.1, -0.05) is 31.4 Å². The zero-order valence-corrected chi connectivity index (χ0v) is 18.4. The first kappa shape index (κ1) is 22.6. The molecule has 4 rings (SSSR count). The Morgan fingerprint density at radius 3 is 2.61 bits per heavy atom. The van der Waals surface area contributed by atoms with Crippen molar-refractivity contribution in [3.8, 4) is 17.1 Å². The van der Waals surface area contributed by atoms with Gasteiger partial charge in [-0.2, -0.15) is 0 Å². The number of benzene rings is 2. The van der Waals surface area contributed by atoms with E-state index in [2.05, 4.69) is 20.5 Å². The minimum atomic E-state index is -0.350. The van der Waals surface area contributed by atoms with Crippen LogP contribution in [0.3, 0.4) is 0 Å². The zero-order valence-electron chi connectivity index (χ0n) is 18.4. The summed E-state index contributed by atoms with van der Waals surface area (Å²) >= 11 is 0. The van der Waals surface area contributed by atoms with Gasteiger partial charge in [0.1, 0.15) is 23.9 Å². The number of halogens is 1. The Balaban J connectivity index is 1.31. The lowest BCUT2D eigenvalue weighted by atomic mass is 9.95. The van der Waals surface area contributed by atoms with Gasteiger partial charge in [-0.15, -0.1) is 10.2 Å². The highest BCUT2D eigenvalue weighted by Crippen LogP contribution is 2.20. The maximum Gasteiger partial charge on any atom is 0.273 e.